The second kappa shape index (κ2) is 8.76. The molecule has 152 valence electrons. The third-order valence-electron chi connectivity index (χ3n) is 5.48. The van der Waals surface area contributed by atoms with Gasteiger partial charge in [-0.25, -0.2) is 0 Å². The van der Waals surface area contributed by atoms with Crippen molar-refractivity contribution in [2.45, 2.75) is 18.4 Å². The molecule has 0 bridgehead atoms. The van der Waals surface area contributed by atoms with E-state index in [4.69, 9.17) is 9.47 Å². The number of hydrogen-bond donors (Lipinski definition) is 0. The van der Waals surface area contributed by atoms with Gasteiger partial charge in [0.25, 0.3) is 5.91 Å². The van der Waals surface area contributed by atoms with Crippen LogP contribution in [0.5, 0.6) is 0 Å². The van der Waals surface area contributed by atoms with Crippen LogP contribution in [0.15, 0.2) is 60.7 Å². The number of amides is 2. The van der Waals surface area contributed by atoms with Crippen LogP contribution in [-0.2, 0) is 25.5 Å². The van der Waals surface area contributed by atoms with Crippen molar-refractivity contribution in [1.82, 2.24) is 4.90 Å². The van der Waals surface area contributed by atoms with Crippen molar-refractivity contribution in [1.29, 1.82) is 0 Å². The van der Waals surface area contributed by atoms with Crippen molar-refractivity contribution in [3.63, 3.8) is 0 Å². The molecule has 4 rings (SSSR count). The maximum Gasteiger partial charge on any atom is 0.253 e. The smallest absolute Gasteiger partial charge is 0.253 e. The zero-order chi connectivity index (χ0) is 20.1. The molecule has 1 atom stereocenters. The average Bonchev–Trinajstić information content (AvgIpc) is 2.92. The molecule has 0 saturated carbocycles. The first-order valence-electron chi connectivity index (χ1n) is 10.0. The van der Waals surface area contributed by atoms with Crippen LogP contribution in [0.3, 0.4) is 0 Å². The highest BCUT2D eigenvalue weighted by Gasteiger charge is 2.43. The Hall–Kier alpha value is -2.70. The Kier molecular flexibility index (Phi) is 5.92. The summed E-state index contributed by atoms with van der Waals surface area (Å²) in [6.45, 7) is 2.12. The van der Waals surface area contributed by atoms with Crippen molar-refractivity contribution in [2.24, 2.45) is 0 Å². The number of anilines is 1. The van der Waals surface area contributed by atoms with Gasteiger partial charge in [-0.15, -0.1) is 0 Å². The Morgan fingerprint density at radius 1 is 1.00 bits per heavy atom. The van der Waals surface area contributed by atoms with E-state index in [9.17, 15) is 9.59 Å². The van der Waals surface area contributed by atoms with Crippen molar-refractivity contribution in [3.05, 3.63) is 66.2 Å². The Labute approximate surface area is 171 Å². The summed E-state index contributed by atoms with van der Waals surface area (Å²) in [5.74, 6) is 0.0163. The number of carbonyl (C=O) groups excluding carboxylic acids is 2. The largest absolute Gasteiger partial charge is 0.368 e. The van der Waals surface area contributed by atoms with Crippen molar-refractivity contribution >= 4 is 17.5 Å². The van der Waals surface area contributed by atoms with Gasteiger partial charge in [-0.3, -0.25) is 9.59 Å². The lowest BCUT2D eigenvalue weighted by Crippen LogP contribution is -2.60. The lowest BCUT2D eigenvalue weighted by atomic mass is 10.0. The number of rotatable bonds is 4. The molecule has 0 aromatic heterocycles. The number of morpholine rings is 1. The normalized spacial score (nSPS) is 22.6. The molecule has 1 spiro atoms. The van der Waals surface area contributed by atoms with Crippen molar-refractivity contribution < 1.29 is 19.1 Å². The van der Waals surface area contributed by atoms with Crippen LogP contribution in [0.4, 0.5) is 5.69 Å². The van der Waals surface area contributed by atoms with E-state index in [1.807, 2.05) is 65.6 Å². The molecular weight excluding hydrogens is 368 g/mol. The van der Waals surface area contributed by atoms with Gasteiger partial charge in [0.15, 0.2) is 0 Å². The van der Waals surface area contributed by atoms with E-state index >= 15 is 0 Å². The van der Waals surface area contributed by atoms with Gasteiger partial charge in [-0.05, 0) is 24.1 Å². The molecule has 2 heterocycles. The zero-order valence-corrected chi connectivity index (χ0v) is 16.5. The highest BCUT2D eigenvalue weighted by Crippen LogP contribution is 2.27. The van der Waals surface area contributed by atoms with E-state index in [1.165, 1.54) is 0 Å². The number of ether oxygens (including phenoxy) is 2. The molecule has 6 heteroatoms. The second-order valence-electron chi connectivity index (χ2n) is 7.64. The van der Waals surface area contributed by atoms with Gasteiger partial charge in [0.1, 0.15) is 12.2 Å². The molecule has 1 unspecified atom stereocenters. The number of benzene rings is 2. The topological polar surface area (TPSA) is 59.1 Å². The molecule has 29 heavy (non-hydrogen) atoms. The third kappa shape index (κ3) is 4.66. The molecule has 2 aromatic carbocycles. The fourth-order valence-electron chi connectivity index (χ4n) is 3.96. The fraction of sp³-hybridized carbons (Fsp3) is 0.391. The first-order chi connectivity index (χ1) is 14.2. The number of para-hydroxylation sites is 1. The fourth-order valence-corrected chi connectivity index (χ4v) is 3.96. The third-order valence-corrected chi connectivity index (χ3v) is 5.48. The maximum absolute atomic E-state index is 12.8. The molecule has 2 amide bonds. The quantitative estimate of drug-likeness (QED) is 0.798. The first-order valence-corrected chi connectivity index (χ1v) is 10.0. The van der Waals surface area contributed by atoms with Crippen LogP contribution in [0.1, 0.15) is 12.0 Å². The molecule has 0 aliphatic carbocycles. The van der Waals surface area contributed by atoms with E-state index in [-0.39, 0.29) is 18.4 Å². The van der Waals surface area contributed by atoms with Crippen LogP contribution in [0, 0.1) is 0 Å². The van der Waals surface area contributed by atoms with E-state index in [0.717, 1.165) is 17.7 Å². The van der Waals surface area contributed by atoms with Gasteiger partial charge in [0, 0.05) is 18.7 Å². The zero-order valence-electron chi connectivity index (χ0n) is 16.5. The summed E-state index contributed by atoms with van der Waals surface area (Å²) in [4.78, 5) is 29.0. The van der Waals surface area contributed by atoms with Crippen molar-refractivity contribution in [2.75, 3.05) is 44.4 Å². The highest BCUT2D eigenvalue weighted by molar-refractivity contribution is 5.94. The Balaban J connectivity index is 1.45. The van der Waals surface area contributed by atoms with Crippen LogP contribution in [0.25, 0.3) is 0 Å². The minimum Gasteiger partial charge on any atom is -0.368 e. The van der Waals surface area contributed by atoms with Crippen LogP contribution in [-0.4, -0.2) is 61.8 Å². The Bertz CT molecular complexity index is 842. The minimum absolute atomic E-state index is 0.0158. The molecule has 2 aromatic rings. The van der Waals surface area contributed by atoms with Crippen LogP contribution < -0.4 is 4.90 Å². The van der Waals surface area contributed by atoms with E-state index in [0.29, 0.717) is 39.3 Å². The van der Waals surface area contributed by atoms with E-state index in [1.54, 1.807) is 4.90 Å². The van der Waals surface area contributed by atoms with E-state index < -0.39 is 5.60 Å². The van der Waals surface area contributed by atoms with Crippen LogP contribution in [0.2, 0.25) is 0 Å². The lowest BCUT2D eigenvalue weighted by molar-refractivity contribution is -0.157. The van der Waals surface area contributed by atoms with Gasteiger partial charge in [-0.2, -0.15) is 0 Å². The minimum atomic E-state index is -0.706. The summed E-state index contributed by atoms with van der Waals surface area (Å²) >= 11 is 0. The van der Waals surface area contributed by atoms with Gasteiger partial charge < -0.3 is 19.3 Å². The standard InChI is InChI=1S/C23H26N2O4/c26-21(12-11-19-7-3-1-4-8-19)24-13-14-29-23(16-24)17-25(22(27)15-28-18-23)20-9-5-2-6-10-20/h1-10H,11-18H2. The maximum atomic E-state index is 12.8. The monoisotopic (exact) mass is 394 g/mol. The molecule has 0 radical (unpaired) electrons. The summed E-state index contributed by atoms with van der Waals surface area (Å²) < 4.78 is 11.8. The van der Waals surface area contributed by atoms with E-state index in [2.05, 4.69) is 0 Å². The first kappa shape index (κ1) is 19.6. The molecule has 2 aliphatic rings. The summed E-state index contributed by atoms with van der Waals surface area (Å²) in [6, 6.07) is 19.6. The Morgan fingerprint density at radius 2 is 1.72 bits per heavy atom. The molecule has 2 fully saturated rings. The van der Waals surface area contributed by atoms with Crippen molar-refractivity contribution in [3.8, 4) is 0 Å². The summed E-state index contributed by atoms with van der Waals surface area (Å²) in [7, 11) is 0. The molecule has 0 N–H and O–H groups in total. The van der Waals surface area contributed by atoms with Crippen LogP contribution >= 0.6 is 0 Å². The molecular formula is C23H26N2O4. The Morgan fingerprint density at radius 3 is 2.48 bits per heavy atom. The highest BCUT2D eigenvalue weighted by atomic mass is 16.5. The molecule has 2 aliphatic heterocycles. The second-order valence-corrected chi connectivity index (χ2v) is 7.64. The SMILES string of the molecule is O=C(CCc1ccccc1)N1CCOC2(COCC(=O)N(c3ccccc3)C2)C1. The van der Waals surface area contributed by atoms with Gasteiger partial charge in [0.2, 0.25) is 5.91 Å². The van der Waals surface area contributed by atoms with Gasteiger partial charge in [0.05, 0.1) is 26.3 Å². The summed E-state index contributed by atoms with van der Waals surface area (Å²) in [6.07, 6.45) is 1.18. The summed E-state index contributed by atoms with van der Waals surface area (Å²) in [5.41, 5.74) is 1.27. The van der Waals surface area contributed by atoms with Gasteiger partial charge in [-0.1, -0.05) is 48.5 Å². The predicted octanol–water partition coefficient (Wildman–Crippen LogP) is 2.28. The number of carbonyl (C=O) groups is 2. The molecule has 2 saturated heterocycles. The average molecular weight is 394 g/mol. The van der Waals surface area contributed by atoms with Gasteiger partial charge >= 0.3 is 0 Å². The number of hydrogen-bond acceptors (Lipinski definition) is 4. The summed E-state index contributed by atoms with van der Waals surface area (Å²) in [5, 5.41) is 0. The number of nitrogens with zero attached hydrogens (tertiary/aromatic N) is 2. The predicted molar refractivity (Wildman–Crippen MR) is 110 cm³/mol. The molecule has 6 nitrogen and oxygen atoms in total. The lowest BCUT2D eigenvalue weighted by Gasteiger charge is -2.43. The number of aryl methyl sites for hydroxylation is 1.